The first-order valence-electron chi connectivity index (χ1n) is 35.8. The lowest BCUT2D eigenvalue weighted by Crippen LogP contribution is -2.61. The van der Waals surface area contributed by atoms with Gasteiger partial charge in [-0.3, -0.25) is 54.0 Å². The normalized spacial score (nSPS) is 14.3. The summed E-state index contributed by atoms with van der Waals surface area (Å²) in [5.74, 6) is -8.04. The van der Waals surface area contributed by atoms with Gasteiger partial charge in [0.05, 0.1) is 6.04 Å². The third-order valence-electron chi connectivity index (χ3n) is 18.9. The predicted molar refractivity (Wildman–Crippen MR) is 404 cm³/mol. The molecule has 0 saturated carbocycles. The molecule has 4 aromatic heterocycles. The summed E-state index contributed by atoms with van der Waals surface area (Å²) in [4.78, 5) is 145. The second-order valence-electron chi connectivity index (χ2n) is 26.6. The monoisotopic (exact) mass is 1440 g/mol. The lowest BCUT2D eigenvalue weighted by molar-refractivity contribution is -0.136. The van der Waals surface area contributed by atoms with E-state index >= 15 is 19.2 Å². The number of carbonyl (C=O) groups excluding carboxylic acids is 9. The number of unbranched alkanes of at least 4 members (excludes halogenated alkanes) is 2. The van der Waals surface area contributed by atoms with Crippen molar-refractivity contribution in [3.8, 4) is 0 Å². The molecule has 31 nitrogen and oxygen atoms in total. The number of guanidine groups is 2. The maximum Gasteiger partial charge on any atom is 0.243 e. The minimum absolute atomic E-state index is 0.0462. The molecule has 8 aromatic rings. The molecule has 0 saturated heterocycles. The van der Waals surface area contributed by atoms with E-state index in [2.05, 4.69) is 73.1 Å². The Kier molecular flexibility index (Phi) is 29.8. The van der Waals surface area contributed by atoms with Gasteiger partial charge in [0.15, 0.2) is 11.9 Å². The molecular weight excluding hydrogens is 1340 g/mol. The highest BCUT2D eigenvalue weighted by Crippen LogP contribution is 2.25. The van der Waals surface area contributed by atoms with Crippen LogP contribution in [-0.2, 0) is 68.8 Å². The minimum Gasteiger partial charge on any atom is -0.370 e. The molecular formula is C74H102N22O9. The molecule has 0 bridgehead atoms. The summed E-state index contributed by atoms with van der Waals surface area (Å²) in [5, 5.41) is 46.7. The standard InChI is InChI=1S/C74H102N22O9/c1-3-42(2)63(72(105)91-57(28-13-15-31-76)66(99)92-59(64(78)97)34-43-38-85-52-23-8-4-18-47(43)52)96-71(104)62(37-46-41-88-55-26-11-7-21-50(46)55)94-68(101)58(29-17-33-84-74(81)82)90-69(102)60(35-44-39-86-53-24-9-5-19-48(44)53)95-70(103)61(36-45-40-87-54-25-10-6-20-49(45)54)93-67(100)56(27-12-14-30-75)89-65(98)51(77)22-16-32-83-73(79)80/h4-11,18-21,23-26,38-42,51,56-63,85-88H,3,12-17,22,27-37,75-77H2,1-2H3,(H2,78,97)(H,89,98)(H,90,102)(H,91,105)(H,92,99)(H,93,100)(H,94,101)(H,95,103)(H,96,104)(H4,79,80,83)(H4,81,82,84)/t42-,51-,56-,57-,58-,59-,60-,61-,62-,63-/m0/s1. The van der Waals surface area contributed by atoms with Crippen LogP contribution in [0.5, 0.6) is 0 Å². The molecule has 4 heterocycles. The van der Waals surface area contributed by atoms with Gasteiger partial charge in [-0.25, -0.2) is 0 Å². The first kappa shape index (κ1) is 79.4. The number of benzene rings is 4. The van der Waals surface area contributed by atoms with E-state index in [4.69, 9.17) is 45.2 Å². The van der Waals surface area contributed by atoms with Gasteiger partial charge in [-0.05, 0) is 130 Å². The summed E-state index contributed by atoms with van der Waals surface area (Å²) in [5.41, 5.74) is 40.7. The summed E-state index contributed by atoms with van der Waals surface area (Å²) in [6, 6.07) is 17.7. The molecule has 31 heteroatoms. The van der Waals surface area contributed by atoms with Crippen molar-refractivity contribution in [1.82, 2.24) is 73.1 Å². The van der Waals surface area contributed by atoms with Gasteiger partial charge in [-0.1, -0.05) is 93.1 Å². The van der Waals surface area contributed by atoms with Crippen molar-refractivity contribution in [2.24, 2.45) is 40.3 Å². The molecule has 0 unspecified atom stereocenters. The Morgan fingerprint density at radius 3 is 1.03 bits per heavy atom. The molecule has 10 atom stereocenters. The van der Waals surface area contributed by atoms with Crippen molar-refractivity contribution in [1.29, 1.82) is 10.8 Å². The van der Waals surface area contributed by atoms with E-state index in [-0.39, 0.29) is 82.8 Å². The van der Waals surface area contributed by atoms with Crippen LogP contribution < -0.4 is 87.6 Å². The molecule has 0 fully saturated rings. The van der Waals surface area contributed by atoms with E-state index in [9.17, 15) is 24.0 Å². The van der Waals surface area contributed by atoms with E-state index in [0.29, 0.717) is 68.3 Å². The van der Waals surface area contributed by atoms with Crippen molar-refractivity contribution < 1.29 is 43.2 Å². The molecule has 0 aliphatic carbocycles. The Labute approximate surface area is 608 Å². The van der Waals surface area contributed by atoms with Crippen molar-refractivity contribution in [2.75, 3.05) is 26.2 Å². The third-order valence-corrected chi connectivity index (χ3v) is 18.9. The number of hydrogen-bond donors (Lipinski definition) is 22. The number of nitrogens with two attached hydrogens (primary N) is 6. The maximum absolute atomic E-state index is 15.5. The van der Waals surface area contributed by atoms with Gasteiger partial charge >= 0.3 is 0 Å². The number of fused-ring (bicyclic) bond motifs is 4. The molecule has 8 rings (SSSR count). The van der Waals surface area contributed by atoms with Crippen molar-refractivity contribution in [3.05, 3.63) is 144 Å². The Morgan fingerprint density at radius 2 is 0.676 bits per heavy atom. The second-order valence-corrected chi connectivity index (χ2v) is 26.6. The molecule has 9 amide bonds. The largest absolute Gasteiger partial charge is 0.370 e. The van der Waals surface area contributed by atoms with Crippen LogP contribution in [0.15, 0.2) is 122 Å². The summed E-state index contributed by atoms with van der Waals surface area (Å²) in [6.07, 6.45) is 9.45. The quantitative estimate of drug-likeness (QED) is 0.0146. The number of aromatic amines is 4. The molecule has 0 spiro atoms. The zero-order chi connectivity index (χ0) is 75.5. The van der Waals surface area contributed by atoms with E-state index in [1.54, 1.807) is 31.7 Å². The minimum atomic E-state index is -1.48. The number of hydrogen-bond acceptors (Lipinski definition) is 14. The zero-order valence-electron chi connectivity index (χ0n) is 59.4. The summed E-state index contributed by atoms with van der Waals surface area (Å²) in [7, 11) is 0. The maximum atomic E-state index is 15.5. The average molecular weight is 1440 g/mol. The number of carbonyl (C=O) groups is 9. The van der Waals surface area contributed by atoms with Gasteiger partial charge in [0.1, 0.15) is 48.3 Å². The van der Waals surface area contributed by atoms with Crippen LogP contribution in [-0.4, -0.2) is 166 Å². The Hall–Kier alpha value is -11.3. The fraction of sp³-hybridized carbons (Fsp3) is 0.419. The van der Waals surface area contributed by atoms with Crippen LogP contribution in [0.1, 0.15) is 107 Å². The van der Waals surface area contributed by atoms with Crippen LogP contribution in [0, 0.1) is 16.7 Å². The number of aromatic nitrogens is 4. The number of nitrogens with one attached hydrogen (secondary N) is 16. The lowest BCUT2D eigenvalue weighted by Gasteiger charge is -2.30. The molecule has 4 aromatic carbocycles. The smallest absolute Gasteiger partial charge is 0.243 e. The van der Waals surface area contributed by atoms with Gasteiger partial charge in [0.25, 0.3) is 0 Å². The molecule has 0 aliphatic heterocycles. The van der Waals surface area contributed by atoms with Gasteiger partial charge in [-0.15, -0.1) is 0 Å². The van der Waals surface area contributed by atoms with E-state index in [1.165, 1.54) is 0 Å². The lowest BCUT2D eigenvalue weighted by atomic mass is 9.96. The van der Waals surface area contributed by atoms with Gasteiger partial charge in [0, 0.05) is 107 Å². The number of H-pyrrole nitrogens is 4. The van der Waals surface area contributed by atoms with Crippen LogP contribution in [0.25, 0.3) is 43.6 Å². The van der Waals surface area contributed by atoms with Crippen LogP contribution >= 0.6 is 0 Å². The Balaban J connectivity index is 1.09. The summed E-state index contributed by atoms with van der Waals surface area (Å²) < 4.78 is 0. The summed E-state index contributed by atoms with van der Waals surface area (Å²) >= 11 is 0. The van der Waals surface area contributed by atoms with E-state index in [0.717, 1.165) is 49.2 Å². The van der Waals surface area contributed by atoms with Gasteiger partial charge < -0.3 is 108 Å². The fourth-order valence-electron chi connectivity index (χ4n) is 12.8. The predicted octanol–water partition coefficient (Wildman–Crippen LogP) is 1.40. The molecule has 562 valence electrons. The first-order chi connectivity index (χ1) is 50.5. The van der Waals surface area contributed by atoms with Gasteiger partial charge in [0.2, 0.25) is 53.2 Å². The highest BCUT2D eigenvalue weighted by Gasteiger charge is 2.37. The van der Waals surface area contributed by atoms with Gasteiger partial charge in [-0.2, -0.15) is 0 Å². The Bertz CT molecular complexity index is 4290. The van der Waals surface area contributed by atoms with Crippen LogP contribution in [0.4, 0.5) is 0 Å². The fourth-order valence-corrected chi connectivity index (χ4v) is 12.8. The number of primary amides is 1. The highest BCUT2D eigenvalue weighted by molar-refractivity contribution is 6.00. The number of amides is 9. The molecule has 28 N–H and O–H groups in total. The number of para-hydroxylation sites is 4. The van der Waals surface area contributed by atoms with Crippen molar-refractivity contribution in [2.45, 2.75) is 165 Å². The zero-order valence-corrected chi connectivity index (χ0v) is 59.4. The molecule has 0 radical (unpaired) electrons. The van der Waals surface area contributed by atoms with E-state index in [1.807, 2.05) is 104 Å². The number of rotatable bonds is 43. The average Bonchev–Trinajstić information content (AvgIpc) is 1.61. The topological polar surface area (TPSA) is 541 Å². The summed E-state index contributed by atoms with van der Waals surface area (Å²) in [6.45, 7) is 4.51. The van der Waals surface area contributed by atoms with E-state index < -0.39 is 113 Å². The molecule has 105 heavy (non-hydrogen) atoms. The third kappa shape index (κ3) is 22.8. The molecule has 0 aliphatic rings. The first-order valence-corrected chi connectivity index (χ1v) is 35.8. The second kappa shape index (κ2) is 39.4. The SMILES string of the molecule is CC[C@H](C)[C@H](NC(=O)[C@H](Cc1c[nH]c2ccccc12)NC(=O)[C@H](CCCNC(=N)N)NC(=O)[C@H](Cc1c[nH]c2ccccc12)NC(=O)[C@H](Cc1c[nH]c2ccccc12)NC(=O)[C@H](CCCCN)NC(=O)[C@@H](N)CCCNC(=N)N)C(=O)N[C@@H](CCCCN)C(=O)N[C@@H](Cc1c[nH]c2ccccc12)C(N)=O. The highest BCUT2D eigenvalue weighted by atomic mass is 16.2. The van der Waals surface area contributed by atoms with Crippen molar-refractivity contribution in [3.63, 3.8) is 0 Å². The van der Waals surface area contributed by atoms with Crippen LogP contribution in [0.2, 0.25) is 0 Å². The van der Waals surface area contributed by atoms with Crippen molar-refractivity contribution >= 4 is 109 Å². The van der Waals surface area contributed by atoms with Crippen LogP contribution in [0.3, 0.4) is 0 Å². The Morgan fingerprint density at radius 1 is 0.381 bits per heavy atom.